The molecule has 6 heteroatoms. The minimum atomic E-state index is -0.736. The van der Waals surface area contributed by atoms with Crippen LogP contribution in [0.25, 0.3) is 0 Å². The Balaban J connectivity index is 1.92. The average Bonchev–Trinajstić information content (AvgIpc) is 2.65. The molecule has 156 valence electrons. The number of benzene rings is 1. The number of likely N-dealkylation sites (N-methyl/N-ethyl adjacent to an activating group) is 2. The van der Waals surface area contributed by atoms with Gasteiger partial charge in [0.05, 0.1) is 6.42 Å². The fourth-order valence-corrected chi connectivity index (χ4v) is 3.88. The van der Waals surface area contributed by atoms with Crippen molar-refractivity contribution in [1.29, 1.82) is 0 Å². The molecular weight excluding hydrogens is 354 g/mol. The first-order chi connectivity index (χ1) is 13.3. The van der Waals surface area contributed by atoms with Gasteiger partial charge in [0.15, 0.2) is 0 Å². The van der Waals surface area contributed by atoms with Crippen LogP contribution in [-0.4, -0.2) is 85.5 Å². The summed E-state index contributed by atoms with van der Waals surface area (Å²) in [5, 5.41) is 9.28. The number of hydrogen-bond acceptors (Lipinski definition) is 4. The van der Waals surface area contributed by atoms with E-state index >= 15 is 0 Å². The Morgan fingerprint density at radius 1 is 1.07 bits per heavy atom. The van der Waals surface area contributed by atoms with Crippen molar-refractivity contribution in [1.82, 2.24) is 14.7 Å². The summed E-state index contributed by atoms with van der Waals surface area (Å²) < 4.78 is 0. The number of carboxylic acids is 1. The van der Waals surface area contributed by atoms with Gasteiger partial charge in [0.1, 0.15) is 0 Å². The van der Waals surface area contributed by atoms with Crippen LogP contribution in [0.15, 0.2) is 30.3 Å². The van der Waals surface area contributed by atoms with Crippen LogP contribution in [0.1, 0.15) is 24.8 Å². The fourth-order valence-electron chi connectivity index (χ4n) is 3.88. The number of amides is 1. The van der Waals surface area contributed by atoms with Gasteiger partial charge in [-0.15, -0.1) is 0 Å². The second-order valence-corrected chi connectivity index (χ2v) is 8.30. The summed E-state index contributed by atoms with van der Waals surface area (Å²) in [5.41, 5.74) is 1.03. The first kappa shape index (κ1) is 22.4. The van der Waals surface area contributed by atoms with Crippen molar-refractivity contribution in [3.63, 3.8) is 0 Å². The monoisotopic (exact) mass is 389 g/mol. The molecule has 1 heterocycles. The Kier molecular flexibility index (Phi) is 8.93. The van der Waals surface area contributed by atoms with Crippen LogP contribution < -0.4 is 0 Å². The van der Waals surface area contributed by atoms with Gasteiger partial charge in [-0.1, -0.05) is 30.3 Å². The SMILES string of the molecule is CN(C)CCN(C)CC[C@@H]1CN(C(=O)Cc2ccccc2)CC[C@H]1CC(=O)O. The Bertz CT molecular complexity index is 621. The maximum Gasteiger partial charge on any atom is 0.303 e. The lowest BCUT2D eigenvalue weighted by Gasteiger charge is -2.39. The second kappa shape index (κ2) is 11.2. The van der Waals surface area contributed by atoms with Gasteiger partial charge in [-0.2, -0.15) is 0 Å². The number of rotatable bonds is 10. The summed E-state index contributed by atoms with van der Waals surface area (Å²) in [7, 11) is 6.24. The van der Waals surface area contributed by atoms with Crippen molar-refractivity contribution < 1.29 is 14.7 Å². The number of nitrogens with zero attached hydrogens (tertiary/aromatic N) is 3. The topological polar surface area (TPSA) is 64.1 Å². The third-order valence-electron chi connectivity index (χ3n) is 5.69. The van der Waals surface area contributed by atoms with E-state index in [9.17, 15) is 14.7 Å². The zero-order valence-corrected chi connectivity index (χ0v) is 17.5. The molecule has 0 aromatic heterocycles. The van der Waals surface area contributed by atoms with Gasteiger partial charge < -0.3 is 19.8 Å². The molecule has 1 aromatic carbocycles. The molecule has 0 aliphatic carbocycles. The maximum atomic E-state index is 12.8. The Labute approximate surface area is 169 Å². The first-order valence-electron chi connectivity index (χ1n) is 10.2. The molecular formula is C22H35N3O3. The lowest BCUT2D eigenvalue weighted by molar-refractivity contribution is -0.139. The van der Waals surface area contributed by atoms with Crippen molar-refractivity contribution in [2.75, 3.05) is 53.9 Å². The van der Waals surface area contributed by atoms with Crippen molar-refractivity contribution in [3.8, 4) is 0 Å². The van der Waals surface area contributed by atoms with E-state index in [1.165, 1.54) is 0 Å². The van der Waals surface area contributed by atoms with Gasteiger partial charge in [0.2, 0.25) is 5.91 Å². The standard InChI is InChI=1S/C22H35N3O3/c1-23(2)13-14-24(3)11-9-20-17-25(12-10-19(20)16-22(27)28)21(26)15-18-7-5-4-6-8-18/h4-8,19-20H,9-17H2,1-3H3,(H,27,28)/t19-,20+/m0/s1. The van der Waals surface area contributed by atoms with E-state index in [0.29, 0.717) is 19.5 Å². The maximum absolute atomic E-state index is 12.8. The van der Waals surface area contributed by atoms with Crippen LogP contribution in [0.3, 0.4) is 0 Å². The normalized spacial score (nSPS) is 20.0. The quantitative estimate of drug-likeness (QED) is 0.664. The second-order valence-electron chi connectivity index (χ2n) is 8.30. The van der Waals surface area contributed by atoms with E-state index < -0.39 is 5.97 Å². The Morgan fingerprint density at radius 2 is 1.79 bits per heavy atom. The highest BCUT2D eigenvalue weighted by Crippen LogP contribution is 2.29. The van der Waals surface area contributed by atoms with E-state index in [1.54, 1.807) is 0 Å². The van der Waals surface area contributed by atoms with Gasteiger partial charge in [-0.05, 0) is 57.9 Å². The average molecular weight is 390 g/mol. The van der Waals surface area contributed by atoms with E-state index in [-0.39, 0.29) is 24.2 Å². The molecule has 0 saturated carbocycles. The van der Waals surface area contributed by atoms with Gasteiger partial charge >= 0.3 is 5.97 Å². The van der Waals surface area contributed by atoms with Gasteiger partial charge in [-0.3, -0.25) is 9.59 Å². The summed E-state index contributed by atoms with van der Waals surface area (Å²) in [6.45, 7) is 4.25. The number of carbonyl (C=O) groups excluding carboxylic acids is 1. The highest BCUT2D eigenvalue weighted by Gasteiger charge is 2.32. The van der Waals surface area contributed by atoms with Crippen molar-refractivity contribution >= 4 is 11.9 Å². The summed E-state index contributed by atoms with van der Waals surface area (Å²) in [5.74, 6) is -0.196. The smallest absolute Gasteiger partial charge is 0.303 e. The van der Waals surface area contributed by atoms with Crippen molar-refractivity contribution in [3.05, 3.63) is 35.9 Å². The van der Waals surface area contributed by atoms with Crippen LogP contribution in [-0.2, 0) is 16.0 Å². The molecule has 6 nitrogen and oxygen atoms in total. The number of aliphatic carboxylic acids is 1. The predicted octanol–water partition coefficient (Wildman–Crippen LogP) is 2.05. The molecule has 1 aliphatic rings. The number of likely N-dealkylation sites (tertiary alicyclic amines) is 1. The Morgan fingerprint density at radius 3 is 2.43 bits per heavy atom. The fraction of sp³-hybridized carbons (Fsp3) is 0.636. The number of carbonyl (C=O) groups is 2. The number of carboxylic acid groups (broad SMARTS) is 1. The predicted molar refractivity (Wildman–Crippen MR) is 111 cm³/mol. The zero-order valence-electron chi connectivity index (χ0n) is 17.5. The van der Waals surface area contributed by atoms with Gasteiger partial charge in [0, 0.05) is 32.6 Å². The third kappa shape index (κ3) is 7.60. The Hall–Kier alpha value is -1.92. The molecule has 1 saturated heterocycles. The summed E-state index contributed by atoms with van der Waals surface area (Å²) in [4.78, 5) is 30.4. The van der Waals surface area contributed by atoms with Crippen LogP contribution in [0.2, 0.25) is 0 Å². The largest absolute Gasteiger partial charge is 0.481 e. The van der Waals surface area contributed by atoms with Crippen LogP contribution in [0.5, 0.6) is 0 Å². The highest BCUT2D eigenvalue weighted by atomic mass is 16.4. The minimum Gasteiger partial charge on any atom is -0.481 e. The summed E-state index contributed by atoms with van der Waals surface area (Å²) in [6.07, 6.45) is 2.32. The minimum absolute atomic E-state index is 0.144. The van der Waals surface area contributed by atoms with Gasteiger partial charge in [-0.25, -0.2) is 0 Å². The van der Waals surface area contributed by atoms with Crippen LogP contribution >= 0.6 is 0 Å². The summed E-state index contributed by atoms with van der Waals surface area (Å²) in [6, 6.07) is 9.81. The van der Waals surface area contributed by atoms with E-state index in [0.717, 1.165) is 38.0 Å². The van der Waals surface area contributed by atoms with Crippen LogP contribution in [0.4, 0.5) is 0 Å². The van der Waals surface area contributed by atoms with Crippen molar-refractivity contribution in [2.24, 2.45) is 11.8 Å². The van der Waals surface area contributed by atoms with Crippen LogP contribution in [0, 0.1) is 11.8 Å². The summed E-state index contributed by atoms with van der Waals surface area (Å²) >= 11 is 0. The lowest BCUT2D eigenvalue weighted by atomic mass is 9.81. The van der Waals surface area contributed by atoms with Gasteiger partial charge in [0.25, 0.3) is 0 Å². The molecule has 1 aromatic rings. The molecule has 0 unspecified atom stereocenters. The molecule has 1 aliphatic heterocycles. The molecule has 0 bridgehead atoms. The molecule has 2 atom stereocenters. The molecule has 1 fully saturated rings. The lowest BCUT2D eigenvalue weighted by Crippen LogP contribution is -2.45. The van der Waals surface area contributed by atoms with Crippen molar-refractivity contribution in [2.45, 2.75) is 25.7 Å². The molecule has 28 heavy (non-hydrogen) atoms. The van der Waals surface area contributed by atoms with E-state index in [2.05, 4.69) is 30.9 Å². The molecule has 1 amide bonds. The molecule has 2 rings (SSSR count). The number of piperidine rings is 1. The molecule has 1 N–H and O–H groups in total. The molecule has 0 radical (unpaired) electrons. The van der Waals surface area contributed by atoms with E-state index in [1.807, 2.05) is 35.2 Å². The number of hydrogen-bond donors (Lipinski definition) is 1. The highest BCUT2D eigenvalue weighted by molar-refractivity contribution is 5.79. The van der Waals surface area contributed by atoms with E-state index in [4.69, 9.17) is 0 Å². The third-order valence-corrected chi connectivity index (χ3v) is 5.69. The zero-order chi connectivity index (χ0) is 20.5. The molecule has 0 spiro atoms. The first-order valence-corrected chi connectivity index (χ1v) is 10.2.